The monoisotopic (exact) mass is 193 g/mol. The Labute approximate surface area is 78.5 Å². The predicted molar refractivity (Wildman–Crippen MR) is 45.6 cm³/mol. The first-order valence-electron chi connectivity index (χ1n) is 3.86. The fourth-order valence-electron chi connectivity index (χ4n) is 0.911. The van der Waals surface area contributed by atoms with Gasteiger partial charge in [-0.25, -0.2) is 5.10 Å². The Balaban J connectivity index is 2.10. The molecule has 2 aromatic heterocycles. The van der Waals surface area contributed by atoms with E-state index in [-0.39, 0.29) is 11.6 Å². The van der Waals surface area contributed by atoms with Gasteiger partial charge in [0.05, 0.1) is 0 Å². The highest BCUT2D eigenvalue weighted by molar-refractivity contribution is 6.01. The summed E-state index contributed by atoms with van der Waals surface area (Å²) in [6.45, 7) is 1.71. The fourth-order valence-corrected chi connectivity index (χ4v) is 0.911. The number of anilines is 1. The number of nitrogens with one attached hydrogen (secondary N) is 2. The molecular weight excluding hydrogens is 186 g/mol. The van der Waals surface area contributed by atoms with Gasteiger partial charge >= 0.3 is 0 Å². The van der Waals surface area contributed by atoms with Gasteiger partial charge in [0.2, 0.25) is 5.95 Å². The number of aromatic nitrogens is 4. The minimum absolute atomic E-state index is 0.207. The van der Waals surface area contributed by atoms with E-state index in [1.165, 1.54) is 12.4 Å². The summed E-state index contributed by atoms with van der Waals surface area (Å²) in [5, 5.41) is 12.1. The van der Waals surface area contributed by atoms with Crippen molar-refractivity contribution in [3.8, 4) is 0 Å². The zero-order valence-electron chi connectivity index (χ0n) is 7.31. The Hall–Kier alpha value is -2.18. The summed E-state index contributed by atoms with van der Waals surface area (Å²) in [4.78, 5) is 15.1. The summed E-state index contributed by atoms with van der Waals surface area (Å²) in [6, 6.07) is 1.53. The lowest BCUT2D eigenvalue weighted by Gasteiger charge is -1.94. The summed E-state index contributed by atoms with van der Waals surface area (Å²) in [7, 11) is 0. The molecular formula is C7H7N5O2. The van der Waals surface area contributed by atoms with Crippen LogP contribution in [0, 0.1) is 6.92 Å². The van der Waals surface area contributed by atoms with E-state index in [1.54, 1.807) is 6.92 Å². The highest BCUT2D eigenvalue weighted by Gasteiger charge is 2.11. The van der Waals surface area contributed by atoms with Gasteiger partial charge in [-0.05, 0) is 6.92 Å². The van der Waals surface area contributed by atoms with E-state index in [4.69, 9.17) is 4.52 Å². The maximum atomic E-state index is 11.4. The van der Waals surface area contributed by atoms with Gasteiger partial charge in [-0.1, -0.05) is 5.16 Å². The molecule has 14 heavy (non-hydrogen) atoms. The molecule has 2 heterocycles. The van der Waals surface area contributed by atoms with Crippen LogP contribution in [0.3, 0.4) is 0 Å². The molecule has 2 aromatic rings. The number of aromatic amines is 1. The summed E-state index contributed by atoms with van der Waals surface area (Å²) in [5.74, 6) is 0.460. The second kappa shape index (κ2) is 3.29. The molecule has 0 aliphatic rings. The Bertz CT molecular complexity index is 433. The quantitative estimate of drug-likeness (QED) is 0.717. The van der Waals surface area contributed by atoms with Crippen LogP contribution in [0.1, 0.15) is 16.2 Å². The number of H-pyrrole nitrogens is 1. The summed E-state index contributed by atoms with van der Waals surface area (Å²) >= 11 is 0. The standard InChI is InChI=1S/C7H7N5O2/c1-4-2-5(12-14-4)6(13)10-7-8-3-9-11-7/h2-3H,1H3,(H2,8,9,10,11,13). The van der Waals surface area contributed by atoms with E-state index < -0.39 is 5.91 Å². The van der Waals surface area contributed by atoms with Crippen LogP contribution in [0.5, 0.6) is 0 Å². The number of carbonyl (C=O) groups is 1. The lowest BCUT2D eigenvalue weighted by molar-refractivity contribution is 0.101. The highest BCUT2D eigenvalue weighted by Crippen LogP contribution is 2.03. The molecule has 0 atom stereocenters. The molecule has 0 saturated heterocycles. The zero-order valence-corrected chi connectivity index (χ0v) is 7.31. The molecule has 0 radical (unpaired) electrons. The predicted octanol–water partition coefficient (Wildman–Crippen LogP) is 0.353. The maximum Gasteiger partial charge on any atom is 0.280 e. The van der Waals surface area contributed by atoms with E-state index in [0.29, 0.717) is 5.76 Å². The van der Waals surface area contributed by atoms with Crippen molar-refractivity contribution in [2.75, 3.05) is 5.32 Å². The van der Waals surface area contributed by atoms with Gasteiger partial charge in [0.1, 0.15) is 12.1 Å². The number of amides is 1. The maximum absolute atomic E-state index is 11.4. The molecule has 0 unspecified atom stereocenters. The van der Waals surface area contributed by atoms with Crippen molar-refractivity contribution in [3.05, 3.63) is 23.8 Å². The van der Waals surface area contributed by atoms with E-state index in [9.17, 15) is 4.79 Å². The topological polar surface area (TPSA) is 96.7 Å². The molecule has 0 bridgehead atoms. The molecule has 0 aromatic carbocycles. The third-order valence-corrected chi connectivity index (χ3v) is 1.51. The van der Waals surface area contributed by atoms with Crippen molar-refractivity contribution in [1.29, 1.82) is 0 Å². The highest BCUT2D eigenvalue weighted by atomic mass is 16.5. The van der Waals surface area contributed by atoms with Crippen molar-refractivity contribution in [1.82, 2.24) is 20.3 Å². The molecule has 2 rings (SSSR count). The van der Waals surface area contributed by atoms with Gasteiger partial charge in [-0.3, -0.25) is 10.1 Å². The van der Waals surface area contributed by atoms with Crippen LogP contribution in [0.25, 0.3) is 0 Å². The van der Waals surface area contributed by atoms with E-state index in [1.807, 2.05) is 0 Å². The van der Waals surface area contributed by atoms with Crippen molar-refractivity contribution in [3.63, 3.8) is 0 Å². The molecule has 0 spiro atoms. The lowest BCUT2D eigenvalue weighted by Crippen LogP contribution is -2.13. The second-order valence-corrected chi connectivity index (χ2v) is 2.61. The van der Waals surface area contributed by atoms with Crippen LogP contribution in [0.2, 0.25) is 0 Å². The first-order chi connectivity index (χ1) is 6.75. The third kappa shape index (κ3) is 1.60. The number of carbonyl (C=O) groups excluding carboxylic acids is 1. The third-order valence-electron chi connectivity index (χ3n) is 1.51. The van der Waals surface area contributed by atoms with Gasteiger partial charge in [-0.2, -0.15) is 10.1 Å². The smallest absolute Gasteiger partial charge is 0.280 e. The van der Waals surface area contributed by atoms with Crippen molar-refractivity contribution in [2.24, 2.45) is 0 Å². The average Bonchev–Trinajstić information content (AvgIpc) is 2.75. The van der Waals surface area contributed by atoms with Gasteiger partial charge in [0.25, 0.3) is 5.91 Å². The first kappa shape index (κ1) is 8.42. The largest absolute Gasteiger partial charge is 0.361 e. The normalized spacial score (nSPS) is 10.1. The Morgan fingerprint density at radius 3 is 3.07 bits per heavy atom. The van der Waals surface area contributed by atoms with Gasteiger partial charge in [0, 0.05) is 6.07 Å². The number of hydrogen-bond donors (Lipinski definition) is 2. The van der Waals surface area contributed by atoms with Crippen LogP contribution in [-0.2, 0) is 0 Å². The van der Waals surface area contributed by atoms with Crippen LogP contribution < -0.4 is 5.32 Å². The molecule has 0 aliphatic carbocycles. The summed E-state index contributed by atoms with van der Waals surface area (Å²) in [5.41, 5.74) is 0.207. The Kier molecular flexibility index (Phi) is 1.98. The Morgan fingerprint density at radius 1 is 1.64 bits per heavy atom. The van der Waals surface area contributed by atoms with Crippen LogP contribution >= 0.6 is 0 Å². The fraction of sp³-hybridized carbons (Fsp3) is 0.143. The Morgan fingerprint density at radius 2 is 2.50 bits per heavy atom. The molecule has 0 aliphatic heterocycles. The number of hydrogen-bond acceptors (Lipinski definition) is 5. The molecule has 0 fully saturated rings. The number of aryl methyl sites for hydroxylation is 1. The molecule has 0 saturated carbocycles. The molecule has 1 amide bonds. The summed E-state index contributed by atoms with van der Waals surface area (Å²) in [6.07, 6.45) is 1.30. The zero-order chi connectivity index (χ0) is 9.97. The molecule has 2 N–H and O–H groups in total. The van der Waals surface area contributed by atoms with Crippen molar-refractivity contribution < 1.29 is 9.32 Å². The van der Waals surface area contributed by atoms with E-state index in [2.05, 4.69) is 25.7 Å². The molecule has 7 heteroatoms. The minimum Gasteiger partial charge on any atom is -0.361 e. The number of rotatable bonds is 2. The van der Waals surface area contributed by atoms with Gasteiger partial charge in [-0.15, -0.1) is 0 Å². The number of nitrogens with zero attached hydrogens (tertiary/aromatic N) is 3. The van der Waals surface area contributed by atoms with Crippen molar-refractivity contribution in [2.45, 2.75) is 6.92 Å². The minimum atomic E-state index is -0.390. The van der Waals surface area contributed by atoms with E-state index in [0.717, 1.165) is 0 Å². The van der Waals surface area contributed by atoms with Gasteiger partial charge in [0.15, 0.2) is 5.69 Å². The van der Waals surface area contributed by atoms with Crippen molar-refractivity contribution >= 4 is 11.9 Å². The van der Waals surface area contributed by atoms with E-state index >= 15 is 0 Å². The van der Waals surface area contributed by atoms with Crippen LogP contribution in [0.4, 0.5) is 5.95 Å². The lowest BCUT2D eigenvalue weighted by atomic mass is 10.3. The average molecular weight is 193 g/mol. The van der Waals surface area contributed by atoms with Crippen LogP contribution in [0.15, 0.2) is 16.9 Å². The molecule has 7 nitrogen and oxygen atoms in total. The van der Waals surface area contributed by atoms with Crippen LogP contribution in [-0.4, -0.2) is 26.2 Å². The molecule has 72 valence electrons. The van der Waals surface area contributed by atoms with Gasteiger partial charge < -0.3 is 4.52 Å². The summed E-state index contributed by atoms with van der Waals surface area (Å²) < 4.78 is 4.75. The SMILES string of the molecule is Cc1cc(C(=O)Nc2ncn[nH]2)no1. The first-order valence-corrected chi connectivity index (χ1v) is 3.86. The second-order valence-electron chi connectivity index (χ2n) is 2.61.